The second-order valence-corrected chi connectivity index (χ2v) is 4.09. The first kappa shape index (κ1) is 11.6. The van der Waals surface area contributed by atoms with Crippen LogP contribution < -0.4 is 5.32 Å². The van der Waals surface area contributed by atoms with E-state index in [0.29, 0.717) is 5.69 Å². The van der Waals surface area contributed by atoms with Crippen LogP contribution in [0.5, 0.6) is 0 Å². The van der Waals surface area contributed by atoms with Crippen molar-refractivity contribution in [2.24, 2.45) is 0 Å². The van der Waals surface area contributed by atoms with Gasteiger partial charge in [0, 0.05) is 6.54 Å². The van der Waals surface area contributed by atoms with E-state index < -0.39 is 0 Å². The van der Waals surface area contributed by atoms with E-state index in [0.717, 1.165) is 18.5 Å². The summed E-state index contributed by atoms with van der Waals surface area (Å²) < 4.78 is 13.5. The van der Waals surface area contributed by atoms with Gasteiger partial charge in [0.15, 0.2) is 0 Å². The topological polar surface area (TPSA) is 12.0 Å². The van der Waals surface area contributed by atoms with Gasteiger partial charge in [-0.2, -0.15) is 0 Å². The van der Waals surface area contributed by atoms with Crippen LogP contribution in [0, 0.1) is 12.7 Å². The quantitative estimate of drug-likeness (QED) is 0.841. The first-order chi connectivity index (χ1) is 8.27. The van der Waals surface area contributed by atoms with Crippen molar-refractivity contribution in [3.63, 3.8) is 0 Å². The predicted molar refractivity (Wildman–Crippen MR) is 69.8 cm³/mol. The van der Waals surface area contributed by atoms with Crippen molar-refractivity contribution in [3.05, 3.63) is 65.5 Å². The van der Waals surface area contributed by atoms with Crippen molar-refractivity contribution < 1.29 is 4.39 Å². The summed E-state index contributed by atoms with van der Waals surface area (Å²) in [4.78, 5) is 0. The van der Waals surface area contributed by atoms with E-state index in [9.17, 15) is 4.39 Å². The lowest BCUT2D eigenvalue weighted by molar-refractivity contribution is 0.629. The summed E-state index contributed by atoms with van der Waals surface area (Å²) in [7, 11) is 0. The maximum atomic E-state index is 13.5. The minimum atomic E-state index is -0.182. The van der Waals surface area contributed by atoms with Crippen LogP contribution in [0.2, 0.25) is 0 Å². The van der Waals surface area contributed by atoms with Crippen LogP contribution in [0.15, 0.2) is 48.5 Å². The van der Waals surface area contributed by atoms with Crippen LogP contribution in [0.25, 0.3) is 0 Å². The number of hydrogen-bond donors (Lipinski definition) is 1. The normalized spacial score (nSPS) is 10.2. The number of halogens is 1. The fraction of sp³-hybridized carbons (Fsp3) is 0.200. The van der Waals surface area contributed by atoms with Crippen LogP contribution in [-0.2, 0) is 6.42 Å². The zero-order valence-electron chi connectivity index (χ0n) is 9.91. The number of para-hydroxylation sites is 1. The van der Waals surface area contributed by atoms with E-state index in [4.69, 9.17) is 0 Å². The lowest BCUT2D eigenvalue weighted by Crippen LogP contribution is -2.07. The van der Waals surface area contributed by atoms with Gasteiger partial charge in [-0.3, -0.25) is 0 Å². The van der Waals surface area contributed by atoms with Gasteiger partial charge in [-0.05, 0) is 30.5 Å². The molecule has 0 unspecified atom stereocenters. The molecule has 2 rings (SSSR count). The Bertz CT molecular complexity index is 459. The number of nitrogens with one attached hydrogen (secondary N) is 1. The molecule has 0 saturated carbocycles. The zero-order chi connectivity index (χ0) is 12.1. The number of anilines is 1. The molecule has 0 saturated heterocycles. The minimum Gasteiger partial charge on any atom is -0.382 e. The Morgan fingerprint density at radius 3 is 2.47 bits per heavy atom. The minimum absolute atomic E-state index is 0.182. The highest BCUT2D eigenvalue weighted by atomic mass is 19.1. The smallest absolute Gasteiger partial charge is 0.146 e. The number of aryl methyl sites for hydroxylation is 1. The molecule has 0 spiro atoms. The highest BCUT2D eigenvalue weighted by Gasteiger charge is 2.03. The highest BCUT2D eigenvalue weighted by Crippen LogP contribution is 2.18. The molecule has 17 heavy (non-hydrogen) atoms. The third-order valence-corrected chi connectivity index (χ3v) is 2.78. The molecule has 0 heterocycles. The Morgan fingerprint density at radius 2 is 1.76 bits per heavy atom. The number of rotatable bonds is 4. The third-order valence-electron chi connectivity index (χ3n) is 2.78. The van der Waals surface area contributed by atoms with E-state index in [1.54, 1.807) is 6.07 Å². The summed E-state index contributed by atoms with van der Waals surface area (Å²) in [5, 5.41) is 3.15. The third kappa shape index (κ3) is 3.06. The fourth-order valence-electron chi connectivity index (χ4n) is 1.83. The molecule has 0 aliphatic rings. The molecule has 0 aliphatic carbocycles. The van der Waals surface area contributed by atoms with Gasteiger partial charge in [0.25, 0.3) is 0 Å². The summed E-state index contributed by atoms with van der Waals surface area (Å²) in [6, 6.07) is 15.3. The largest absolute Gasteiger partial charge is 0.382 e. The molecule has 0 atom stereocenters. The molecule has 1 N–H and O–H groups in total. The van der Waals surface area contributed by atoms with E-state index in [1.807, 2.05) is 31.2 Å². The maximum absolute atomic E-state index is 13.5. The first-order valence-corrected chi connectivity index (χ1v) is 5.80. The SMILES string of the molecule is Cc1cccc(F)c1NCCc1ccccc1. The average Bonchev–Trinajstić information content (AvgIpc) is 2.34. The van der Waals surface area contributed by atoms with Crippen molar-refractivity contribution in [1.82, 2.24) is 0 Å². The van der Waals surface area contributed by atoms with Gasteiger partial charge in [0.2, 0.25) is 0 Å². The van der Waals surface area contributed by atoms with Crippen molar-refractivity contribution >= 4 is 5.69 Å². The zero-order valence-corrected chi connectivity index (χ0v) is 9.91. The fourth-order valence-corrected chi connectivity index (χ4v) is 1.83. The second kappa shape index (κ2) is 5.48. The summed E-state index contributed by atoms with van der Waals surface area (Å²) in [6.07, 6.45) is 0.897. The molecular weight excluding hydrogens is 213 g/mol. The Hall–Kier alpha value is -1.83. The molecule has 0 aliphatic heterocycles. The Balaban J connectivity index is 1.95. The summed E-state index contributed by atoms with van der Waals surface area (Å²) in [6.45, 7) is 2.65. The Kier molecular flexibility index (Phi) is 3.76. The van der Waals surface area contributed by atoms with E-state index in [-0.39, 0.29) is 5.82 Å². The van der Waals surface area contributed by atoms with Gasteiger partial charge in [-0.15, -0.1) is 0 Å². The molecule has 0 bridgehead atoms. The van der Waals surface area contributed by atoms with E-state index in [1.165, 1.54) is 11.6 Å². The van der Waals surface area contributed by atoms with Gasteiger partial charge in [0.1, 0.15) is 5.82 Å². The van der Waals surface area contributed by atoms with Crippen molar-refractivity contribution in [2.45, 2.75) is 13.3 Å². The van der Waals surface area contributed by atoms with Crippen LogP contribution >= 0.6 is 0 Å². The lowest BCUT2D eigenvalue weighted by Gasteiger charge is -2.10. The summed E-state index contributed by atoms with van der Waals surface area (Å²) >= 11 is 0. The van der Waals surface area contributed by atoms with Crippen LogP contribution in [0.3, 0.4) is 0 Å². The Morgan fingerprint density at radius 1 is 1.00 bits per heavy atom. The molecule has 1 nitrogen and oxygen atoms in total. The highest BCUT2D eigenvalue weighted by molar-refractivity contribution is 5.51. The first-order valence-electron chi connectivity index (χ1n) is 5.80. The molecule has 2 heteroatoms. The van der Waals surface area contributed by atoms with E-state index in [2.05, 4.69) is 17.4 Å². The molecule has 0 aromatic heterocycles. The Labute approximate surface area is 101 Å². The number of hydrogen-bond acceptors (Lipinski definition) is 1. The molecule has 0 amide bonds. The van der Waals surface area contributed by atoms with Gasteiger partial charge >= 0.3 is 0 Å². The van der Waals surface area contributed by atoms with E-state index >= 15 is 0 Å². The maximum Gasteiger partial charge on any atom is 0.146 e. The van der Waals surface area contributed by atoms with Crippen LogP contribution in [-0.4, -0.2) is 6.54 Å². The monoisotopic (exact) mass is 229 g/mol. The van der Waals surface area contributed by atoms with Gasteiger partial charge in [-0.25, -0.2) is 4.39 Å². The van der Waals surface area contributed by atoms with Gasteiger partial charge in [-0.1, -0.05) is 42.5 Å². The average molecular weight is 229 g/mol. The van der Waals surface area contributed by atoms with Gasteiger partial charge < -0.3 is 5.32 Å². The molecule has 2 aromatic carbocycles. The molecule has 0 fully saturated rings. The molecule has 88 valence electrons. The molecule has 2 aromatic rings. The molecular formula is C15H16FN. The molecule has 0 radical (unpaired) electrons. The van der Waals surface area contributed by atoms with Crippen molar-refractivity contribution in [2.75, 3.05) is 11.9 Å². The second-order valence-electron chi connectivity index (χ2n) is 4.09. The van der Waals surface area contributed by atoms with Crippen molar-refractivity contribution in [3.8, 4) is 0 Å². The summed E-state index contributed by atoms with van der Waals surface area (Å²) in [5.74, 6) is -0.182. The van der Waals surface area contributed by atoms with Crippen LogP contribution in [0.4, 0.5) is 10.1 Å². The summed E-state index contributed by atoms with van der Waals surface area (Å²) in [5.41, 5.74) is 2.82. The number of benzene rings is 2. The van der Waals surface area contributed by atoms with Gasteiger partial charge in [0.05, 0.1) is 5.69 Å². The van der Waals surface area contributed by atoms with Crippen LogP contribution in [0.1, 0.15) is 11.1 Å². The predicted octanol–water partition coefficient (Wildman–Crippen LogP) is 3.79. The lowest BCUT2D eigenvalue weighted by atomic mass is 10.1. The standard InChI is InChI=1S/C15H16FN/c1-12-6-5-9-14(16)15(12)17-11-10-13-7-3-2-4-8-13/h2-9,17H,10-11H2,1H3. The van der Waals surface area contributed by atoms with Crippen molar-refractivity contribution in [1.29, 1.82) is 0 Å².